The SMILES string of the molecule is CCC(CC)(CC)NS(=O)(=O)c1cnn(CCN)c1. The molecule has 0 aliphatic heterocycles. The van der Waals surface area contributed by atoms with Crippen molar-refractivity contribution < 1.29 is 8.42 Å². The number of rotatable bonds is 8. The van der Waals surface area contributed by atoms with Crippen LogP contribution in [0.2, 0.25) is 0 Å². The Morgan fingerprint density at radius 2 is 1.89 bits per heavy atom. The zero-order chi connectivity index (χ0) is 14.5. The van der Waals surface area contributed by atoms with Crippen molar-refractivity contribution in [1.29, 1.82) is 0 Å². The molecule has 1 rings (SSSR count). The Morgan fingerprint density at radius 3 is 2.37 bits per heavy atom. The standard InChI is InChI=1S/C12H24N4O2S/c1-4-12(5-2,6-3)15-19(17,18)11-9-14-16(10-11)8-7-13/h9-10,15H,4-8,13H2,1-3H3. The van der Waals surface area contributed by atoms with Crippen LogP contribution in [0.4, 0.5) is 0 Å². The van der Waals surface area contributed by atoms with E-state index in [1.165, 1.54) is 12.4 Å². The number of nitrogens with two attached hydrogens (primary N) is 1. The molecule has 3 N–H and O–H groups in total. The predicted molar refractivity (Wildman–Crippen MR) is 75.2 cm³/mol. The molecule has 1 heterocycles. The number of aromatic nitrogens is 2. The highest BCUT2D eigenvalue weighted by molar-refractivity contribution is 7.89. The van der Waals surface area contributed by atoms with Crippen molar-refractivity contribution in [2.75, 3.05) is 6.54 Å². The van der Waals surface area contributed by atoms with E-state index >= 15 is 0 Å². The molecule has 0 saturated carbocycles. The summed E-state index contributed by atoms with van der Waals surface area (Å²) in [5.74, 6) is 0. The van der Waals surface area contributed by atoms with Crippen molar-refractivity contribution in [3.8, 4) is 0 Å². The van der Waals surface area contributed by atoms with E-state index in [4.69, 9.17) is 5.73 Å². The first-order valence-electron chi connectivity index (χ1n) is 6.69. The molecule has 0 aliphatic carbocycles. The van der Waals surface area contributed by atoms with Crippen molar-refractivity contribution in [2.24, 2.45) is 5.73 Å². The van der Waals surface area contributed by atoms with Gasteiger partial charge in [-0.25, -0.2) is 13.1 Å². The van der Waals surface area contributed by atoms with Gasteiger partial charge in [0.25, 0.3) is 0 Å². The summed E-state index contributed by atoms with van der Waals surface area (Å²) in [7, 11) is -3.53. The van der Waals surface area contributed by atoms with Gasteiger partial charge >= 0.3 is 0 Å². The van der Waals surface area contributed by atoms with Gasteiger partial charge in [-0.1, -0.05) is 20.8 Å². The van der Waals surface area contributed by atoms with E-state index in [0.29, 0.717) is 13.1 Å². The lowest BCUT2D eigenvalue weighted by Crippen LogP contribution is -2.46. The van der Waals surface area contributed by atoms with Gasteiger partial charge in [0.15, 0.2) is 0 Å². The lowest BCUT2D eigenvalue weighted by molar-refractivity contribution is 0.341. The highest BCUT2D eigenvalue weighted by Crippen LogP contribution is 2.22. The molecule has 0 aromatic carbocycles. The van der Waals surface area contributed by atoms with Gasteiger partial charge in [-0.3, -0.25) is 4.68 Å². The summed E-state index contributed by atoms with van der Waals surface area (Å²) in [6, 6.07) is 0. The second kappa shape index (κ2) is 6.49. The van der Waals surface area contributed by atoms with E-state index in [9.17, 15) is 8.42 Å². The van der Waals surface area contributed by atoms with E-state index in [2.05, 4.69) is 9.82 Å². The number of nitrogens with zero attached hydrogens (tertiary/aromatic N) is 2. The van der Waals surface area contributed by atoms with Crippen LogP contribution in [0.1, 0.15) is 40.0 Å². The minimum atomic E-state index is -3.53. The minimum absolute atomic E-state index is 0.195. The average molecular weight is 288 g/mol. The quantitative estimate of drug-likeness (QED) is 0.749. The molecule has 0 bridgehead atoms. The van der Waals surface area contributed by atoms with Crippen LogP contribution in [0.3, 0.4) is 0 Å². The molecule has 0 amide bonds. The van der Waals surface area contributed by atoms with Crippen LogP contribution in [0.25, 0.3) is 0 Å². The van der Waals surface area contributed by atoms with Crippen molar-refractivity contribution in [3.63, 3.8) is 0 Å². The van der Waals surface area contributed by atoms with Crippen LogP contribution >= 0.6 is 0 Å². The maximum absolute atomic E-state index is 12.3. The van der Waals surface area contributed by atoms with E-state index in [-0.39, 0.29) is 10.4 Å². The van der Waals surface area contributed by atoms with Gasteiger partial charge in [-0.2, -0.15) is 5.10 Å². The summed E-state index contributed by atoms with van der Waals surface area (Å²) < 4.78 is 29.0. The highest BCUT2D eigenvalue weighted by atomic mass is 32.2. The Bertz CT molecular complexity index is 483. The zero-order valence-electron chi connectivity index (χ0n) is 11.9. The summed E-state index contributed by atoms with van der Waals surface area (Å²) >= 11 is 0. The smallest absolute Gasteiger partial charge is 0.244 e. The normalized spacial score (nSPS) is 12.8. The molecule has 0 aliphatic rings. The Hall–Kier alpha value is -0.920. The summed E-state index contributed by atoms with van der Waals surface area (Å²) in [5.41, 5.74) is 5.04. The van der Waals surface area contributed by atoms with Crippen LogP contribution in [0.15, 0.2) is 17.3 Å². The molecule has 0 saturated heterocycles. The van der Waals surface area contributed by atoms with Gasteiger partial charge in [-0.05, 0) is 19.3 Å². The monoisotopic (exact) mass is 288 g/mol. The molecule has 1 aromatic heterocycles. The molecule has 0 unspecified atom stereocenters. The maximum atomic E-state index is 12.3. The summed E-state index contributed by atoms with van der Waals surface area (Å²) in [6.45, 7) is 6.92. The van der Waals surface area contributed by atoms with Crippen LogP contribution in [-0.2, 0) is 16.6 Å². The van der Waals surface area contributed by atoms with Gasteiger partial charge in [0.05, 0.1) is 12.7 Å². The lowest BCUT2D eigenvalue weighted by Gasteiger charge is -2.30. The molecule has 0 fully saturated rings. The number of hydrogen-bond donors (Lipinski definition) is 2. The first-order chi connectivity index (χ1) is 8.93. The molecule has 0 spiro atoms. The fourth-order valence-corrected chi connectivity index (χ4v) is 3.62. The molecule has 1 aromatic rings. The summed E-state index contributed by atoms with van der Waals surface area (Å²) in [6.07, 6.45) is 5.16. The van der Waals surface area contributed by atoms with Gasteiger partial charge in [0.1, 0.15) is 4.90 Å². The summed E-state index contributed by atoms with van der Waals surface area (Å²) in [4.78, 5) is 0.195. The topological polar surface area (TPSA) is 90.0 Å². The third kappa shape index (κ3) is 3.77. The third-order valence-corrected chi connectivity index (χ3v) is 5.19. The Labute approximate surface area is 115 Å². The van der Waals surface area contributed by atoms with Crippen LogP contribution < -0.4 is 10.5 Å². The fraction of sp³-hybridized carbons (Fsp3) is 0.750. The fourth-order valence-electron chi connectivity index (χ4n) is 2.05. The van der Waals surface area contributed by atoms with Crippen LogP contribution in [-0.4, -0.2) is 30.3 Å². The minimum Gasteiger partial charge on any atom is -0.329 e. The van der Waals surface area contributed by atoms with E-state index in [1.807, 2.05) is 20.8 Å². The van der Waals surface area contributed by atoms with Crippen LogP contribution in [0, 0.1) is 0 Å². The number of hydrogen-bond acceptors (Lipinski definition) is 4. The average Bonchev–Trinajstić information content (AvgIpc) is 2.86. The Kier molecular flexibility index (Phi) is 5.51. The van der Waals surface area contributed by atoms with Gasteiger partial charge in [0, 0.05) is 18.3 Å². The van der Waals surface area contributed by atoms with Crippen molar-refractivity contribution >= 4 is 10.0 Å². The highest BCUT2D eigenvalue weighted by Gasteiger charge is 2.30. The molecular formula is C12H24N4O2S. The molecule has 7 heteroatoms. The molecule has 110 valence electrons. The van der Waals surface area contributed by atoms with E-state index in [1.54, 1.807) is 4.68 Å². The lowest BCUT2D eigenvalue weighted by atomic mass is 9.91. The van der Waals surface area contributed by atoms with Crippen molar-refractivity contribution in [3.05, 3.63) is 12.4 Å². The summed E-state index contributed by atoms with van der Waals surface area (Å²) in [5, 5.41) is 4.00. The molecule has 0 atom stereocenters. The van der Waals surface area contributed by atoms with Crippen molar-refractivity contribution in [2.45, 2.75) is 57.0 Å². The van der Waals surface area contributed by atoms with Gasteiger partial charge < -0.3 is 5.73 Å². The second-order valence-corrected chi connectivity index (χ2v) is 6.36. The largest absolute Gasteiger partial charge is 0.329 e. The number of sulfonamides is 1. The molecule has 6 nitrogen and oxygen atoms in total. The van der Waals surface area contributed by atoms with Gasteiger partial charge in [0.2, 0.25) is 10.0 Å². The van der Waals surface area contributed by atoms with Crippen molar-refractivity contribution in [1.82, 2.24) is 14.5 Å². The predicted octanol–water partition coefficient (Wildman–Crippen LogP) is 1.09. The zero-order valence-corrected chi connectivity index (χ0v) is 12.7. The van der Waals surface area contributed by atoms with Gasteiger partial charge in [-0.15, -0.1) is 0 Å². The molecule has 0 radical (unpaired) electrons. The number of nitrogens with one attached hydrogen (secondary N) is 1. The third-order valence-electron chi connectivity index (χ3n) is 3.66. The molecular weight excluding hydrogens is 264 g/mol. The maximum Gasteiger partial charge on any atom is 0.244 e. The molecule has 19 heavy (non-hydrogen) atoms. The second-order valence-electron chi connectivity index (χ2n) is 4.67. The Morgan fingerprint density at radius 1 is 1.32 bits per heavy atom. The van der Waals surface area contributed by atoms with Crippen LogP contribution in [0.5, 0.6) is 0 Å². The first-order valence-corrected chi connectivity index (χ1v) is 8.17. The van der Waals surface area contributed by atoms with E-state index < -0.39 is 10.0 Å². The van der Waals surface area contributed by atoms with E-state index in [0.717, 1.165) is 19.3 Å². The first kappa shape index (κ1) is 16.1. The Balaban J connectivity index is 2.96.